The highest BCUT2D eigenvalue weighted by Crippen LogP contribution is 2.17. The standard InChI is InChI=1S/C7H10N4O2/c8-5(7(12)13)6-10-9-4-2-1-3-11(4)6/h5H,1-3,8H2,(H,12,13). The number of carboxylic acid groups (broad SMARTS) is 1. The van der Waals surface area contributed by atoms with Crippen LogP contribution in [0.3, 0.4) is 0 Å². The van der Waals surface area contributed by atoms with Gasteiger partial charge in [-0.2, -0.15) is 0 Å². The molecule has 0 aromatic carbocycles. The Bertz CT molecular complexity index is 346. The molecule has 1 atom stereocenters. The van der Waals surface area contributed by atoms with Gasteiger partial charge in [-0.05, 0) is 6.42 Å². The largest absolute Gasteiger partial charge is 0.480 e. The van der Waals surface area contributed by atoms with Gasteiger partial charge in [-0.25, -0.2) is 0 Å². The fourth-order valence-electron chi connectivity index (χ4n) is 1.51. The van der Waals surface area contributed by atoms with E-state index in [1.54, 1.807) is 4.57 Å². The normalized spacial score (nSPS) is 17.0. The quantitative estimate of drug-likeness (QED) is 0.631. The summed E-state index contributed by atoms with van der Waals surface area (Å²) in [4.78, 5) is 10.6. The highest BCUT2D eigenvalue weighted by atomic mass is 16.4. The Kier molecular flexibility index (Phi) is 1.77. The molecule has 0 amide bonds. The summed E-state index contributed by atoms with van der Waals surface area (Å²) in [5.74, 6) is 0.133. The zero-order valence-electron chi connectivity index (χ0n) is 6.97. The lowest BCUT2D eigenvalue weighted by Crippen LogP contribution is -2.24. The Morgan fingerprint density at radius 1 is 1.62 bits per heavy atom. The van der Waals surface area contributed by atoms with E-state index in [1.165, 1.54) is 0 Å². The molecule has 13 heavy (non-hydrogen) atoms. The van der Waals surface area contributed by atoms with Gasteiger partial charge in [0.1, 0.15) is 5.82 Å². The van der Waals surface area contributed by atoms with Gasteiger partial charge in [0.05, 0.1) is 0 Å². The number of nitrogens with zero attached hydrogens (tertiary/aromatic N) is 3. The number of fused-ring (bicyclic) bond motifs is 1. The minimum Gasteiger partial charge on any atom is -0.480 e. The van der Waals surface area contributed by atoms with Crippen molar-refractivity contribution >= 4 is 5.97 Å². The molecule has 70 valence electrons. The smallest absolute Gasteiger partial charge is 0.328 e. The SMILES string of the molecule is NC(C(=O)O)c1nnc2n1CCC2. The molecule has 6 heteroatoms. The number of rotatable bonds is 2. The lowest BCUT2D eigenvalue weighted by atomic mass is 10.3. The van der Waals surface area contributed by atoms with Crippen molar-refractivity contribution in [2.75, 3.05) is 0 Å². The van der Waals surface area contributed by atoms with Crippen molar-refractivity contribution in [3.63, 3.8) is 0 Å². The van der Waals surface area contributed by atoms with E-state index in [1.807, 2.05) is 0 Å². The van der Waals surface area contributed by atoms with Gasteiger partial charge >= 0.3 is 5.97 Å². The molecule has 1 aliphatic heterocycles. The molecule has 2 rings (SSSR count). The molecule has 0 aliphatic carbocycles. The summed E-state index contributed by atoms with van der Waals surface area (Å²) in [6.07, 6.45) is 1.85. The molecule has 0 saturated carbocycles. The van der Waals surface area contributed by atoms with Crippen molar-refractivity contribution in [1.82, 2.24) is 14.8 Å². The zero-order chi connectivity index (χ0) is 9.42. The van der Waals surface area contributed by atoms with Gasteiger partial charge in [0.25, 0.3) is 0 Å². The number of hydrogen-bond acceptors (Lipinski definition) is 4. The fourth-order valence-corrected chi connectivity index (χ4v) is 1.51. The number of aliphatic carboxylic acids is 1. The first kappa shape index (κ1) is 8.18. The van der Waals surface area contributed by atoms with Crippen LogP contribution in [0.1, 0.15) is 24.1 Å². The van der Waals surface area contributed by atoms with Gasteiger partial charge in [-0.15, -0.1) is 10.2 Å². The second kappa shape index (κ2) is 2.81. The monoisotopic (exact) mass is 182 g/mol. The van der Waals surface area contributed by atoms with Crippen molar-refractivity contribution in [3.05, 3.63) is 11.6 Å². The number of hydrogen-bond donors (Lipinski definition) is 2. The van der Waals surface area contributed by atoms with Gasteiger partial charge in [-0.1, -0.05) is 0 Å². The van der Waals surface area contributed by atoms with Crippen molar-refractivity contribution < 1.29 is 9.90 Å². The summed E-state index contributed by atoms with van der Waals surface area (Å²) in [6.45, 7) is 0.776. The summed E-state index contributed by atoms with van der Waals surface area (Å²) in [5, 5.41) is 16.3. The summed E-state index contributed by atoms with van der Waals surface area (Å²) in [5.41, 5.74) is 5.43. The van der Waals surface area contributed by atoms with Gasteiger partial charge in [0.15, 0.2) is 11.9 Å². The number of carboxylic acids is 1. The lowest BCUT2D eigenvalue weighted by molar-refractivity contribution is -0.138. The molecule has 0 radical (unpaired) electrons. The van der Waals surface area contributed by atoms with E-state index in [9.17, 15) is 4.79 Å². The van der Waals surface area contributed by atoms with Gasteiger partial charge < -0.3 is 15.4 Å². The van der Waals surface area contributed by atoms with Crippen LogP contribution in [-0.2, 0) is 17.8 Å². The van der Waals surface area contributed by atoms with E-state index in [2.05, 4.69) is 10.2 Å². The highest BCUT2D eigenvalue weighted by molar-refractivity contribution is 5.74. The molecule has 1 aromatic heterocycles. The molecule has 2 heterocycles. The molecular formula is C7H10N4O2. The van der Waals surface area contributed by atoms with Crippen LogP contribution >= 0.6 is 0 Å². The third-order valence-corrected chi connectivity index (χ3v) is 2.18. The third kappa shape index (κ3) is 1.19. The Morgan fingerprint density at radius 3 is 3.08 bits per heavy atom. The molecule has 1 aliphatic rings. The van der Waals surface area contributed by atoms with Crippen LogP contribution in [0, 0.1) is 0 Å². The first-order chi connectivity index (χ1) is 6.20. The second-order valence-corrected chi connectivity index (χ2v) is 3.05. The first-order valence-corrected chi connectivity index (χ1v) is 4.10. The Balaban J connectivity index is 2.36. The average molecular weight is 182 g/mol. The molecule has 0 spiro atoms. The van der Waals surface area contributed by atoms with E-state index in [-0.39, 0.29) is 0 Å². The maximum Gasteiger partial charge on any atom is 0.328 e. The van der Waals surface area contributed by atoms with Crippen molar-refractivity contribution in [3.8, 4) is 0 Å². The Morgan fingerprint density at radius 2 is 2.38 bits per heavy atom. The molecule has 1 unspecified atom stereocenters. The van der Waals surface area contributed by atoms with E-state index >= 15 is 0 Å². The fraction of sp³-hybridized carbons (Fsp3) is 0.571. The predicted molar refractivity (Wildman–Crippen MR) is 42.9 cm³/mol. The lowest BCUT2D eigenvalue weighted by Gasteiger charge is -2.05. The van der Waals surface area contributed by atoms with E-state index < -0.39 is 12.0 Å². The van der Waals surface area contributed by atoms with Crippen LogP contribution in [0.5, 0.6) is 0 Å². The van der Waals surface area contributed by atoms with E-state index in [0.717, 1.165) is 25.2 Å². The Labute approximate surface area is 74.4 Å². The molecule has 6 nitrogen and oxygen atoms in total. The number of aryl methyl sites for hydroxylation is 1. The van der Waals surface area contributed by atoms with Gasteiger partial charge in [0.2, 0.25) is 0 Å². The van der Waals surface area contributed by atoms with Crippen LogP contribution in [0.15, 0.2) is 0 Å². The van der Waals surface area contributed by atoms with Gasteiger partial charge in [-0.3, -0.25) is 4.79 Å². The van der Waals surface area contributed by atoms with E-state index in [4.69, 9.17) is 10.8 Å². The second-order valence-electron chi connectivity index (χ2n) is 3.05. The van der Waals surface area contributed by atoms with Crippen molar-refractivity contribution in [2.24, 2.45) is 5.73 Å². The number of aromatic nitrogens is 3. The molecule has 1 aromatic rings. The summed E-state index contributed by atoms with van der Waals surface area (Å²) in [6, 6.07) is -1.06. The number of carbonyl (C=O) groups is 1. The summed E-state index contributed by atoms with van der Waals surface area (Å²) in [7, 11) is 0. The minimum atomic E-state index is -1.07. The van der Waals surface area contributed by atoms with Crippen LogP contribution in [0.25, 0.3) is 0 Å². The van der Waals surface area contributed by atoms with Crippen LogP contribution in [-0.4, -0.2) is 25.8 Å². The van der Waals surface area contributed by atoms with Crippen molar-refractivity contribution in [1.29, 1.82) is 0 Å². The predicted octanol–water partition coefficient (Wildman–Crippen LogP) is -0.691. The van der Waals surface area contributed by atoms with E-state index in [0.29, 0.717) is 5.82 Å². The van der Waals surface area contributed by atoms with Crippen molar-refractivity contribution in [2.45, 2.75) is 25.4 Å². The van der Waals surface area contributed by atoms with Crippen LogP contribution < -0.4 is 5.73 Å². The summed E-state index contributed by atoms with van der Waals surface area (Å²) >= 11 is 0. The Hall–Kier alpha value is -1.43. The van der Waals surface area contributed by atoms with Gasteiger partial charge in [0, 0.05) is 13.0 Å². The molecule has 0 bridgehead atoms. The topological polar surface area (TPSA) is 94.0 Å². The number of nitrogens with two attached hydrogens (primary N) is 1. The zero-order valence-corrected chi connectivity index (χ0v) is 6.97. The molecule has 0 fully saturated rings. The van der Waals surface area contributed by atoms with Crippen LogP contribution in [0.2, 0.25) is 0 Å². The highest BCUT2D eigenvalue weighted by Gasteiger charge is 2.25. The third-order valence-electron chi connectivity index (χ3n) is 2.18. The maximum absolute atomic E-state index is 10.6. The molecule has 3 N–H and O–H groups in total. The van der Waals surface area contributed by atoms with Crippen LogP contribution in [0.4, 0.5) is 0 Å². The summed E-state index contributed by atoms with van der Waals surface area (Å²) < 4.78 is 1.79. The maximum atomic E-state index is 10.6. The average Bonchev–Trinajstić information content (AvgIpc) is 2.61. The first-order valence-electron chi connectivity index (χ1n) is 4.10. The molecule has 0 saturated heterocycles. The molecular weight excluding hydrogens is 172 g/mol. The minimum absolute atomic E-state index is 0.361.